The lowest BCUT2D eigenvalue weighted by Crippen LogP contribution is -1.98. The fourth-order valence-corrected chi connectivity index (χ4v) is 1.56. The summed E-state index contributed by atoms with van der Waals surface area (Å²) >= 11 is 0. The number of rotatable bonds is 2. The molecule has 4 nitrogen and oxygen atoms in total. The highest BCUT2D eigenvalue weighted by Crippen LogP contribution is 2.16. The zero-order valence-corrected chi connectivity index (χ0v) is 8.61. The Morgan fingerprint density at radius 1 is 1.50 bits per heavy atom. The van der Waals surface area contributed by atoms with Crippen molar-refractivity contribution in [3.8, 4) is 0 Å². The van der Waals surface area contributed by atoms with E-state index in [1.165, 1.54) is 0 Å². The highest BCUT2D eigenvalue weighted by Gasteiger charge is 2.08. The molecule has 0 aliphatic heterocycles. The van der Waals surface area contributed by atoms with Crippen molar-refractivity contribution < 1.29 is 4.74 Å². The average molecular weight is 191 g/mol. The summed E-state index contributed by atoms with van der Waals surface area (Å²) in [6.07, 6.45) is 1.80. The lowest BCUT2D eigenvalue weighted by Gasteiger charge is -1.99. The molecule has 2 aromatic rings. The van der Waals surface area contributed by atoms with Gasteiger partial charge in [-0.2, -0.15) is 0 Å². The van der Waals surface area contributed by atoms with Gasteiger partial charge in [0.15, 0.2) is 0 Å². The van der Waals surface area contributed by atoms with E-state index < -0.39 is 0 Å². The van der Waals surface area contributed by atoms with E-state index in [9.17, 15) is 0 Å². The predicted octanol–water partition coefficient (Wildman–Crippen LogP) is 1.42. The summed E-state index contributed by atoms with van der Waals surface area (Å²) in [5.41, 5.74) is 3.02. The molecule has 0 saturated heterocycles. The number of aromatic nitrogens is 3. The van der Waals surface area contributed by atoms with Gasteiger partial charge in [-0.3, -0.25) is 4.98 Å². The monoisotopic (exact) mass is 191 g/mol. The second-order valence-electron chi connectivity index (χ2n) is 3.28. The van der Waals surface area contributed by atoms with Gasteiger partial charge in [-0.05, 0) is 13.0 Å². The molecule has 0 fully saturated rings. The Labute approximate surface area is 82.5 Å². The van der Waals surface area contributed by atoms with Gasteiger partial charge < -0.3 is 9.30 Å². The largest absolute Gasteiger partial charge is 0.377 e. The summed E-state index contributed by atoms with van der Waals surface area (Å²) in [5.74, 6) is 0.929. The van der Waals surface area contributed by atoms with Crippen molar-refractivity contribution in [3.05, 3.63) is 23.8 Å². The second-order valence-corrected chi connectivity index (χ2v) is 3.28. The molecule has 0 amide bonds. The predicted molar refractivity (Wildman–Crippen MR) is 54.0 cm³/mol. The molecule has 0 saturated carbocycles. The maximum absolute atomic E-state index is 5.07. The first-order valence-electron chi connectivity index (χ1n) is 4.50. The Morgan fingerprint density at radius 3 is 2.93 bits per heavy atom. The molecular formula is C10H13N3O. The Kier molecular flexibility index (Phi) is 2.21. The standard InChI is InChI=1S/C10H13N3O/c1-7-10-8(4-5-11-7)13(2)9(12-10)6-14-3/h4-5H,6H2,1-3H3. The van der Waals surface area contributed by atoms with Crippen LogP contribution in [0.1, 0.15) is 11.5 Å². The van der Waals surface area contributed by atoms with Crippen LogP contribution in [-0.4, -0.2) is 21.6 Å². The van der Waals surface area contributed by atoms with Crippen LogP contribution in [0.25, 0.3) is 11.0 Å². The lowest BCUT2D eigenvalue weighted by molar-refractivity contribution is 0.176. The van der Waals surface area contributed by atoms with Crippen LogP contribution in [0.5, 0.6) is 0 Å². The van der Waals surface area contributed by atoms with Gasteiger partial charge in [0.1, 0.15) is 17.9 Å². The first-order chi connectivity index (χ1) is 6.74. The van der Waals surface area contributed by atoms with Gasteiger partial charge in [0.05, 0.1) is 11.2 Å². The molecule has 0 bridgehead atoms. The first-order valence-corrected chi connectivity index (χ1v) is 4.50. The van der Waals surface area contributed by atoms with E-state index in [4.69, 9.17) is 4.74 Å². The molecule has 4 heteroatoms. The van der Waals surface area contributed by atoms with Gasteiger partial charge >= 0.3 is 0 Å². The van der Waals surface area contributed by atoms with Crippen molar-refractivity contribution in [2.75, 3.05) is 7.11 Å². The van der Waals surface area contributed by atoms with Gasteiger partial charge in [0.2, 0.25) is 0 Å². The highest BCUT2D eigenvalue weighted by molar-refractivity contribution is 5.77. The number of fused-ring (bicyclic) bond motifs is 1. The molecule has 2 rings (SSSR count). The third-order valence-electron chi connectivity index (χ3n) is 2.35. The van der Waals surface area contributed by atoms with Crippen LogP contribution < -0.4 is 0 Å². The molecule has 0 unspecified atom stereocenters. The van der Waals surface area contributed by atoms with E-state index in [2.05, 4.69) is 9.97 Å². The minimum absolute atomic E-state index is 0.532. The van der Waals surface area contributed by atoms with Crippen LogP contribution in [0.15, 0.2) is 12.3 Å². The van der Waals surface area contributed by atoms with E-state index >= 15 is 0 Å². The number of aryl methyl sites for hydroxylation is 2. The van der Waals surface area contributed by atoms with Gasteiger partial charge in [-0.15, -0.1) is 0 Å². The molecule has 0 aliphatic rings. The zero-order chi connectivity index (χ0) is 10.1. The summed E-state index contributed by atoms with van der Waals surface area (Å²) in [7, 11) is 3.66. The number of ether oxygens (including phenoxy) is 1. The van der Waals surface area contributed by atoms with Crippen molar-refractivity contribution in [3.63, 3.8) is 0 Å². The number of pyridine rings is 1. The Bertz CT molecular complexity index is 462. The van der Waals surface area contributed by atoms with E-state index in [0.29, 0.717) is 6.61 Å². The minimum Gasteiger partial charge on any atom is -0.377 e. The fraction of sp³-hybridized carbons (Fsp3) is 0.400. The van der Waals surface area contributed by atoms with Crippen LogP contribution in [-0.2, 0) is 18.4 Å². The van der Waals surface area contributed by atoms with Crippen LogP contribution in [0, 0.1) is 6.92 Å². The van der Waals surface area contributed by atoms with E-state index in [0.717, 1.165) is 22.6 Å². The molecule has 0 spiro atoms. The van der Waals surface area contributed by atoms with Crippen molar-refractivity contribution in [2.45, 2.75) is 13.5 Å². The van der Waals surface area contributed by atoms with Gasteiger partial charge in [0.25, 0.3) is 0 Å². The van der Waals surface area contributed by atoms with Crippen LogP contribution in [0.2, 0.25) is 0 Å². The molecule has 0 N–H and O–H groups in total. The molecule has 0 atom stereocenters. The number of hydrogen-bond donors (Lipinski definition) is 0. The first kappa shape index (κ1) is 9.15. The van der Waals surface area contributed by atoms with E-state index in [1.54, 1.807) is 13.3 Å². The SMILES string of the molecule is COCc1nc2c(C)nccc2n1C. The molecule has 2 aromatic heterocycles. The van der Waals surface area contributed by atoms with E-state index in [1.807, 2.05) is 24.6 Å². The lowest BCUT2D eigenvalue weighted by atomic mass is 10.3. The summed E-state index contributed by atoms with van der Waals surface area (Å²) in [6, 6.07) is 1.97. The Balaban J connectivity index is 2.67. The summed E-state index contributed by atoms with van der Waals surface area (Å²) in [5, 5.41) is 0. The number of methoxy groups -OCH3 is 1. The molecule has 14 heavy (non-hydrogen) atoms. The maximum Gasteiger partial charge on any atom is 0.135 e. The molecule has 0 radical (unpaired) electrons. The Hall–Kier alpha value is -1.42. The van der Waals surface area contributed by atoms with Crippen molar-refractivity contribution in [2.24, 2.45) is 7.05 Å². The van der Waals surface area contributed by atoms with Gasteiger partial charge in [-0.1, -0.05) is 0 Å². The third kappa shape index (κ3) is 1.28. The maximum atomic E-state index is 5.07. The normalized spacial score (nSPS) is 11.1. The highest BCUT2D eigenvalue weighted by atomic mass is 16.5. The van der Waals surface area contributed by atoms with Gasteiger partial charge in [0, 0.05) is 20.4 Å². The minimum atomic E-state index is 0.532. The van der Waals surface area contributed by atoms with Gasteiger partial charge in [-0.25, -0.2) is 4.98 Å². The number of hydrogen-bond acceptors (Lipinski definition) is 3. The number of imidazole rings is 1. The van der Waals surface area contributed by atoms with E-state index in [-0.39, 0.29) is 0 Å². The topological polar surface area (TPSA) is 39.9 Å². The molecule has 2 heterocycles. The molecule has 0 aliphatic carbocycles. The van der Waals surface area contributed by atoms with Crippen molar-refractivity contribution in [1.82, 2.24) is 14.5 Å². The molecule has 0 aromatic carbocycles. The quantitative estimate of drug-likeness (QED) is 0.720. The molecule has 74 valence electrons. The number of nitrogens with zero attached hydrogens (tertiary/aromatic N) is 3. The zero-order valence-electron chi connectivity index (χ0n) is 8.61. The summed E-state index contributed by atoms with van der Waals surface area (Å²) in [4.78, 5) is 8.68. The fourth-order valence-electron chi connectivity index (χ4n) is 1.56. The summed E-state index contributed by atoms with van der Waals surface area (Å²) in [6.45, 7) is 2.50. The third-order valence-corrected chi connectivity index (χ3v) is 2.35. The smallest absolute Gasteiger partial charge is 0.135 e. The van der Waals surface area contributed by atoms with Crippen LogP contribution in [0.3, 0.4) is 0 Å². The molecular weight excluding hydrogens is 178 g/mol. The van der Waals surface area contributed by atoms with Crippen LogP contribution in [0.4, 0.5) is 0 Å². The van der Waals surface area contributed by atoms with Crippen molar-refractivity contribution in [1.29, 1.82) is 0 Å². The Morgan fingerprint density at radius 2 is 2.29 bits per heavy atom. The summed E-state index contributed by atoms with van der Waals surface area (Å²) < 4.78 is 7.11. The van der Waals surface area contributed by atoms with Crippen molar-refractivity contribution >= 4 is 11.0 Å². The van der Waals surface area contributed by atoms with Crippen LogP contribution >= 0.6 is 0 Å². The second kappa shape index (κ2) is 3.38. The average Bonchev–Trinajstić information content (AvgIpc) is 2.48.